The molecule has 3 amide bonds. The van der Waals surface area contributed by atoms with Gasteiger partial charge in [-0.15, -0.1) is 0 Å². The van der Waals surface area contributed by atoms with E-state index in [9.17, 15) is 9.59 Å². The Balaban J connectivity index is 1.42. The number of nitrogens with two attached hydrogens (primary N) is 1. The zero-order chi connectivity index (χ0) is 25.5. The highest BCUT2D eigenvalue weighted by Crippen LogP contribution is 2.25. The molecule has 0 bridgehead atoms. The SMILES string of the molecule is CN(C)CCCN(Cc1ccc(C(=O)Nc2ccccc2N)cc1)C(=O)Nc1ccc2c(c1)CCC2. The highest BCUT2D eigenvalue weighted by atomic mass is 16.2. The van der Waals surface area contributed by atoms with Gasteiger partial charge < -0.3 is 26.2 Å². The number of nitrogen functional groups attached to an aromatic ring is 1. The first-order chi connectivity index (χ1) is 17.4. The maximum Gasteiger partial charge on any atom is 0.322 e. The van der Waals surface area contributed by atoms with E-state index in [4.69, 9.17) is 5.73 Å². The Bertz CT molecular complexity index is 1210. The summed E-state index contributed by atoms with van der Waals surface area (Å²) in [4.78, 5) is 29.8. The van der Waals surface area contributed by atoms with E-state index in [1.807, 2.05) is 49.3 Å². The quantitative estimate of drug-likeness (QED) is 0.372. The fourth-order valence-electron chi connectivity index (χ4n) is 4.47. The van der Waals surface area contributed by atoms with Gasteiger partial charge in [-0.1, -0.05) is 30.3 Å². The molecular weight excluding hydrogens is 450 g/mol. The summed E-state index contributed by atoms with van der Waals surface area (Å²) in [7, 11) is 4.06. The summed E-state index contributed by atoms with van der Waals surface area (Å²) in [5, 5.41) is 5.94. The zero-order valence-electron chi connectivity index (χ0n) is 21.1. The van der Waals surface area contributed by atoms with E-state index in [1.165, 1.54) is 17.5 Å². The van der Waals surface area contributed by atoms with E-state index in [0.29, 0.717) is 30.0 Å². The number of anilines is 3. The summed E-state index contributed by atoms with van der Waals surface area (Å²) in [6, 6.07) is 20.6. The molecule has 0 saturated carbocycles. The molecule has 1 aliphatic rings. The molecule has 0 radical (unpaired) electrons. The first-order valence-corrected chi connectivity index (χ1v) is 12.5. The number of nitrogens with one attached hydrogen (secondary N) is 2. The number of nitrogens with zero attached hydrogens (tertiary/aromatic N) is 2. The maximum atomic E-state index is 13.2. The molecule has 7 heteroatoms. The van der Waals surface area contributed by atoms with Crippen molar-refractivity contribution in [3.05, 3.63) is 89.0 Å². The van der Waals surface area contributed by atoms with E-state index in [1.54, 1.807) is 24.3 Å². The zero-order valence-corrected chi connectivity index (χ0v) is 21.1. The number of amides is 3. The monoisotopic (exact) mass is 485 g/mol. The molecule has 188 valence electrons. The number of hydrogen-bond donors (Lipinski definition) is 3. The Kier molecular flexibility index (Phi) is 8.23. The van der Waals surface area contributed by atoms with Crippen LogP contribution in [0.15, 0.2) is 66.7 Å². The van der Waals surface area contributed by atoms with Crippen molar-refractivity contribution in [3.63, 3.8) is 0 Å². The Labute approximate surface area is 213 Å². The predicted molar refractivity (Wildman–Crippen MR) is 146 cm³/mol. The number of fused-ring (bicyclic) bond motifs is 1. The van der Waals surface area contributed by atoms with Crippen molar-refractivity contribution < 1.29 is 9.59 Å². The topological polar surface area (TPSA) is 90.7 Å². The summed E-state index contributed by atoms with van der Waals surface area (Å²) in [6.45, 7) is 1.98. The molecule has 0 heterocycles. The molecule has 1 aliphatic carbocycles. The summed E-state index contributed by atoms with van der Waals surface area (Å²) in [5.74, 6) is -0.225. The van der Waals surface area contributed by atoms with Crippen LogP contribution in [-0.2, 0) is 19.4 Å². The van der Waals surface area contributed by atoms with Crippen LogP contribution in [0.3, 0.4) is 0 Å². The standard InChI is InChI=1S/C29H35N5O2/c1-33(2)17-6-18-34(29(36)31-25-16-15-22-7-5-8-24(22)19-25)20-21-11-13-23(14-12-21)28(35)32-27-10-4-3-9-26(27)30/h3-4,9-16,19H,5-8,17-18,20,30H2,1-2H3,(H,31,36)(H,32,35). The molecular formula is C29H35N5O2. The van der Waals surface area contributed by atoms with Crippen LogP contribution >= 0.6 is 0 Å². The van der Waals surface area contributed by atoms with Crippen molar-refractivity contribution in [2.75, 3.05) is 43.6 Å². The molecule has 4 N–H and O–H groups in total. The molecule has 0 aromatic heterocycles. The molecule has 3 aromatic rings. The van der Waals surface area contributed by atoms with Gasteiger partial charge in [-0.2, -0.15) is 0 Å². The number of urea groups is 1. The van der Waals surface area contributed by atoms with E-state index in [-0.39, 0.29) is 11.9 Å². The Morgan fingerprint density at radius 3 is 2.39 bits per heavy atom. The van der Waals surface area contributed by atoms with Gasteiger partial charge in [0.05, 0.1) is 11.4 Å². The highest BCUT2D eigenvalue weighted by molar-refractivity contribution is 6.05. The molecule has 0 unspecified atom stereocenters. The van der Waals surface area contributed by atoms with Gasteiger partial charge in [0.2, 0.25) is 0 Å². The minimum Gasteiger partial charge on any atom is -0.397 e. The molecule has 3 aromatic carbocycles. The number of aryl methyl sites for hydroxylation is 2. The third-order valence-electron chi connectivity index (χ3n) is 6.47. The number of benzene rings is 3. The number of rotatable bonds is 9. The Morgan fingerprint density at radius 1 is 0.889 bits per heavy atom. The molecule has 0 atom stereocenters. The lowest BCUT2D eigenvalue weighted by molar-refractivity contribution is 0.102. The van der Waals surface area contributed by atoms with Crippen molar-refractivity contribution in [3.8, 4) is 0 Å². The lowest BCUT2D eigenvalue weighted by atomic mass is 10.1. The largest absolute Gasteiger partial charge is 0.397 e. The first-order valence-electron chi connectivity index (χ1n) is 12.5. The smallest absolute Gasteiger partial charge is 0.322 e. The number of carbonyl (C=O) groups is 2. The lowest BCUT2D eigenvalue weighted by Crippen LogP contribution is -2.36. The molecule has 0 spiro atoms. The van der Waals surface area contributed by atoms with Crippen LogP contribution in [0.1, 0.15) is 39.9 Å². The van der Waals surface area contributed by atoms with Crippen molar-refractivity contribution in [2.24, 2.45) is 0 Å². The number of para-hydroxylation sites is 2. The molecule has 36 heavy (non-hydrogen) atoms. The van der Waals surface area contributed by atoms with Gasteiger partial charge in [0.1, 0.15) is 0 Å². The van der Waals surface area contributed by atoms with Gasteiger partial charge in [-0.25, -0.2) is 4.79 Å². The van der Waals surface area contributed by atoms with E-state index in [0.717, 1.165) is 37.1 Å². The molecule has 0 saturated heterocycles. The summed E-state index contributed by atoms with van der Waals surface area (Å²) in [5.41, 5.74) is 12.1. The van der Waals surface area contributed by atoms with Crippen LogP contribution in [0.2, 0.25) is 0 Å². The summed E-state index contributed by atoms with van der Waals surface area (Å²) < 4.78 is 0. The third-order valence-corrected chi connectivity index (χ3v) is 6.47. The second-order valence-corrected chi connectivity index (χ2v) is 9.58. The van der Waals surface area contributed by atoms with Crippen molar-refractivity contribution in [2.45, 2.75) is 32.2 Å². The normalized spacial score (nSPS) is 12.3. The van der Waals surface area contributed by atoms with Crippen LogP contribution in [0, 0.1) is 0 Å². The van der Waals surface area contributed by atoms with Crippen molar-refractivity contribution in [1.29, 1.82) is 0 Å². The van der Waals surface area contributed by atoms with Crippen molar-refractivity contribution >= 4 is 29.0 Å². The van der Waals surface area contributed by atoms with E-state index in [2.05, 4.69) is 27.7 Å². The molecule has 0 fully saturated rings. The average molecular weight is 486 g/mol. The minimum absolute atomic E-state index is 0.118. The number of carbonyl (C=O) groups excluding carboxylic acids is 2. The van der Waals surface area contributed by atoms with E-state index < -0.39 is 0 Å². The molecule has 7 nitrogen and oxygen atoms in total. The van der Waals surface area contributed by atoms with Gasteiger partial charge in [0.15, 0.2) is 0 Å². The third kappa shape index (κ3) is 6.64. The second kappa shape index (κ2) is 11.7. The van der Waals surface area contributed by atoms with Gasteiger partial charge >= 0.3 is 6.03 Å². The molecule has 0 aliphatic heterocycles. The average Bonchev–Trinajstić information content (AvgIpc) is 3.33. The first kappa shape index (κ1) is 25.3. The van der Waals surface area contributed by atoms with Crippen LogP contribution in [0.4, 0.5) is 21.9 Å². The highest BCUT2D eigenvalue weighted by Gasteiger charge is 2.17. The van der Waals surface area contributed by atoms with Crippen LogP contribution < -0.4 is 16.4 Å². The summed E-state index contributed by atoms with van der Waals surface area (Å²) >= 11 is 0. The van der Waals surface area contributed by atoms with Gasteiger partial charge in [0.25, 0.3) is 5.91 Å². The van der Waals surface area contributed by atoms with E-state index >= 15 is 0 Å². The minimum atomic E-state index is -0.225. The van der Waals surface area contributed by atoms with Crippen LogP contribution in [0.25, 0.3) is 0 Å². The maximum absolute atomic E-state index is 13.2. The van der Waals surface area contributed by atoms with Crippen LogP contribution in [0.5, 0.6) is 0 Å². The van der Waals surface area contributed by atoms with Crippen LogP contribution in [-0.4, -0.2) is 48.9 Å². The summed E-state index contributed by atoms with van der Waals surface area (Å²) in [6.07, 6.45) is 4.23. The fourth-order valence-corrected chi connectivity index (χ4v) is 4.47. The van der Waals surface area contributed by atoms with Crippen molar-refractivity contribution in [1.82, 2.24) is 9.80 Å². The second-order valence-electron chi connectivity index (χ2n) is 9.58. The fraction of sp³-hybridized carbons (Fsp3) is 0.310. The number of hydrogen-bond acceptors (Lipinski definition) is 4. The Hall–Kier alpha value is -3.84. The Morgan fingerprint density at radius 2 is 1.64 bits per heavy atom. The van der Waals surface area contributed by atoms with Gasteiger partial charge in [0, 0.05) is 24.3 Å². The van der Waals surface area contributed by atoms with Gasteiger partial charge in [-0.3, -0.25) is 4.79 Å². The predicted octanol–water partition coefficient (Wildman–Crippen LogP) is 5.00. The molecule has 4 rings (SSSR count). The van der Waals surface area contributed by atoms with Gasteiger partial charge in [-0.05, 0) is 99.4 Å². The lowest BCUT2D eigenvalue weighted by Gasteiger charge is -2.24.